The maximum atomic E-state index is 11.5. The van der Waals surface area contributed by atoms with Gasteiger partial charge in [0.05, 0.1) is 27.8 Å². The van der Waals surface area contributed by atoms with Crippen LogP contribution < -0.4 is 10.6 Å². The van der Waals surface area contributed by atoms with Gasteiger partial charge < -0.3 is 15.7 Å². The number of anilines is 1. The molecule has 4 rings (SSSR count). The molecule has 120 valence electrons. The first kappa shape index (κ1) is 15.2. The van der Waals surface area contributed by atoms with Gasteiger partial charge in [-0.15, -0.1) is 23.1 Å². The van der Waals surface area contributed by atoms with Crippen molar-refractivity contribution < 1.29 is 9.90 Å². The minimum absolute atomic E-state index is 0.0393. The molecule has 0 saturated carbocycles. The quantitative estimate of drug-likeness (QED) is 0.799. The molecule has 0 radical (unpaired) electrons. The molecule has 4 nitrogen and oxygen atoms in total. The molecule has 0 saturated heterocycles. The Morgan fingerprint density at radius 2 is 2.22 bits per heavy atom. The lowest BCUT2D eigenvalue weighted by Gasteiger charge is -2.22. The summed E-state index contributed by atoms with van der Waals surface area (Å²) in [5, 5.41) is 16.9. The van der Waals surface area contributed by atoms with Crippen molar-refractivity contribution in [2.75, 3.05) is 11.1 Å². The summed E-state index contributed by atoms with van der Waals surface area (Å²) in [6, 6.07) is 10.3. The van der Waals surface area contributed by atoms with Crippen molar-refractivity contribution in [3.63, 3.8) is 0 Å². The van der Waals surface area contributed by atoms with E-state index in [9.17, 15) is 9.90 Å². The molecule has 0 bridgehead atoms. The molecule has 3 atom stereocenters. The number of amides is 1. The number of nitrogens with one attached hydrogen (secondary N) is 2. The summed E-state index contributed by atoms with van der Waals surface area (Å²) >= 11 is 3.31. The van der Waals surface area contributed by atoms with Crippen molar-refractivity contribution >= 4 is 34.7 Å². The Kier molecular flexibility index (Phi) is 3.93. The van der Waals surface area contributed by atoms with Crippen LogP contribution in [0.5, 0.6) is 0 Å². The van der Waals surface area contributed by atoms with E-state index >= 15 is 0 Å². The SMILES string of the molecule is CC(NC1c2ccccc2CC1O)c1cc2c(s1)SCC(=O)N2. The van der Waals surface area contributed by atoms with Gasteiger partial charge in [0.25, 0.3) is 0 Å². The molecule has 0 fully saturated rings. The van der Waals surface area contributed by atoms with E-state index in [1.165, 1.54) is 20.2 Å². The number of fused-ring (bicyclic) bond motifs is 2. The highest BCUT2D eigenvalue weighted by molar-refractivity contribution is 8.02. The molecular weight excluding hydrogens is 328 g/mol. The molecular formula is C17H18N2O2S2. The van der Waals surface area contributed by atoms with Gasteiger partial charge in [-0.3, -0.25) is 4.79 Å². The number of thiophene rings is 1. The third kappa shape index (κ3) is 2.80. The second kappa shape index (κ2) is 5.94. The Labute approximate surface area is 143 Å². The number of aliphatic hydroxyl groups is 1. The standard InChI is InChI=1S/C17H18N2O2S2/c1-9(14-7-12-17(23-14)22-8-15(21)19-12)18-16-11-5-3-2-4-10(11)6-13(16)20/h2-5,7,9,13,16,18,20H,6,8H2,1H3,(H,19,21). The minimum Gasteiger partial charge on any atom is -0.391 e. The minimum atomic E-state index is -0.390. The van der Waals surface area contributed by atoms with Crippen LogP contribution in [0.15, 0.2) is 34.5 Å². The number of carbonyl (C=O) groups excluding carboxylic acids is 1. The zero-order valence-electron chi connectivity index (χ0n) is 12.7. The van der Waals surface area contributed by atoms with Crippen molar-refractivity contribution in [1.29, 1.82) is 0 Å². The first-order valence-electron chi connectivity index (χ1n) is 7.70. The summed E-state index contributed by atoms with van der Waals surface area (Å²) in [6.45, 7) is 2.11. The van der Waals surface area contributed by atoms with Gasteiger partial charge in [-0.2, -0.15) is 0 Å². The van der Waals surface area contributed by atoms with Crippen molar-refractivity contribution in [2.24, 2.45) is 0 Å². The number of hydrogen-bond donors (Lipinski definition) is 3. The molecule has 2 aliphatic rings. The van der Waals surface area contributed by atoms with E-state index in [2.05, 4.69) is 35.8 Å². The average molecular weight is 346 g/mol. The molecule has 6 heteroatoms. The molecule has 3 unspecified atom stereocenters. The lowest BCUT2D eigenvalue weighted by molar-refractivity contribution is -0.113. The van der Waals surface area contributed by atoms with Crippen LogP contribution in [0.25, 0.3) is 0 Å². The van der Waals surface area contributed by atoms with Crippen LogP contribution in [0.1, 0.15) is 35.0 Å². The highest BCUT2D eigenvalue weighted by Crippen LogP contribution is 2.42. The predicted octanol–water partition coefficient (Wildman–Crippen LogP) is 3.10. The van der Waals surface area contributed by atoms with Crippen molar-refractivity contribution in [2.45, 2.75) is 35.7 Å². The van der Waals surface area contributed by atoms with Crippen LogP contribution in [0, 0.1) is 0 Å². The van der Waals surface area contributed by atoms with Crippen molar-refractivity contribution in [3.8, 4) is 0 Å². The van der Waals surface area contributed by atoms with Crippen LogP contribution in [-0.2, 0) is 11.2 Å². The second-order valence-corrected chi connectivity index (χ2v) is 8.35. The van der Waals surface area contributed by atoms with Gasteiger partial charge in [0, 0.05) is 17.3 Å². The summed E-state index contributed by atoms with van der Waals surface area (Å²) in [6.07, 6.45) is 0.312. The lowest BCUT2D eigenvalue weighted by atomic mass is 10.1. The summed E-state index contributed by atoms with van der Waals surface area (Å²) < 4.78 is 1.17. The van der Waals surface area contributed by atoms with E-state index in [0.717, 1.165) is 5.69 Å². The van der Waals surface area contributed by atoms with Crippen LogP contribution in [0.2, 0.25) is 0 Å². The Balaban J connectivity index is 1.54. The summed E-state index contributed by atoms with van der Waals surface area (Å²) in [5.74, 6) is 0.552. The first-order chi connectivity index (χ1) is 11.1. The van der Waals surface area contributed by atoms with Gasteiger partial charge in [-0.05, 0) is 24.1 Å². The van der Waals surface area contributed by atoms with E-state index in [-0.39, 0.29) is 18.0 Å². The largest absolute Gasteiger partial charge is 0.391 e. The number of aliphatic hydroxyl groups excluding tert-OH is 1. The van der Waals surface area contributed by atoms with E-state index in [4.69, 9.17) is 0 Å². The van der Waals surface area contributed by atoms with Crippen molar-refractivity contribution in [1.82, 2.24) is 5.32 Å². The fourth-order valence-corrected chi connectivity index (χ4v) is 5.40. The number of benzene rings is 1. The normalized spacial score (nSPS) is 24.0. The van der Waals surface area contributed by atoms with Gasteiger partial charge in [-0.1, -0.05) is 24.3 Å². The molecule has 23 heavy (non-hydrogen) atoms. The Morgan fingerprint density at radius 3 is 3.09 bits per heavy atom. The molecule has 1 aliphatic heterocycles. The molecule has 2 heterocycles. The maximum absolute atomic E-state index is 11.5. The molecule has 1 aromatic carbocycles. The summed E-state index contributed by atoms with van der Waals surface area (Å²) in [7, 11) is 0. The number of hydrogen-bond acceptors (Lipinski definition) is 5. The monoisotopic (exact) mass is 346 g/mol. The average Bonchev–Trinajstić information content (AvgIpc) is 3.08. The predicted molar refractivity (Wildman–Crippen MR) is 94.1 cm³/mol. The van der Waals surface area contributed by atoms with Crippen LogP contribution >= 0.6 is 23.1 Å². The van der Waals surface area contributed by atoms with Gasteiger partial charge in [0.2, 0.25) is 5.91 Å². The van der Waals surface area contributed by atoms with Crippen LogP contribution in [-0.4, -0.2) is 22.9 Å². The van der Waals surface area contributed by atoms with E-state index in [1.54, 1.807) is 23.1 Å². The fourth-order valence-electron chi connectivity index (χ4n) is 3.24. The van der Waals surface area contributed by atoms with E-state index < -0.39 is 6.10 Å². The maximum Gasteiger partial charge on any atom is 0.234 e. The lowest BCUT2D eigenvalue weighted by Crippen LogP contribution is -2.30. The molecule has 2 aromatic rings. The van der Waals surface area contributed by atoms with Crippen LogP contribution in [0.3, 0.4) is 0 Å². The van der Waals surface area contributed by atoms with Gasteiger partial charge >= 0.3 is 0 Å². The second-order valence-electron chi connectivity index (χ2n) is 6.02. The summed E-state index contributed by atoms with van der Waals surface area (Å²) in [5.41, 5.74) is 3.33. The Bertz CT molecular complexity index is 759. The van der Waals surface area contributed by atoms with Crippen molar-refractivity contribution in [3.05, 3.63) is 46.3 Å². The van der Waals surface area contributed by atoms with E-state index in [0.29, 0.717) is 12.2 Å². The third-order valence-corrected chi connectivity index (χ3v) is 6.99. The number of carbonyl (C=O) groups is 1. The van der Waals surface area contributed by atoms with Gasteiger partial charge in [-0.25, -0.2) is 0 Å². The summed E-state index contributed by atoms with van der Waals surface area (Å²) in [4.78, 5) is 12.7. The molecule has 0 spiro atoms. The molecule has 1 aliphatic carbocycles. The zero-order valence-corrected chi connectivity index (χ0v) is 14.3. The molecule has 1 amide bonds. The van der Waals surface area contributed by atoms with Crippen LogP contribution in [0.4, 0.5) is 5.69 Å². The third-order valence-electron chi connectivity index (χ3n) is 4.39. The Morgan fingerprint density at radius 1 is 1.39 bits per heavy atom. The zero-order chi connectivity index (χ0) is 16.0. The first-order valence-corrected chi connectivity index (χ1v) is 9.50. The molecule has 3 N–H and O–H groups in total. The molecule has 1 aromatic heterocycles. The number of thioether (sulfide) groups is 1. The topological polar surface area (TPSA) is 61.4 Å². The Hall–Kier alpha value is -1.34. The fraction of sp³-hybridized carbons (Fsp3) is 0.353. The highest BCUT2D eigenvalue weighted by atomic mass is 32.2. The van der Waals surface area contributed by atoms with Gasteiger partial charge in [0.1, 0.15) is 0 Å². The number of rotatable bonds is 3. The smallest absolute Gasteiger partial charge is 0.234 e. The van der Waals surface area contributed by atoms with Gasteiger partial charge in [0.15, 0.2) is 0 Å². The highest BCUT2D eigenvalue weighted by Gasteiger charge is 2.32. The van der Waals surface area contributed by atoms with E-state index in [1.807, 2.05) is 12.1 Å².